The third-order valence-corrected chi connectivity index (χ3v) is 5.60. The summed E-state index contributed by atoms with van der Waals surface area (Å²) in [5.41, 5.74) is 1.92. The maximum atomic E-state index is 12.3. The lowest BCUT2D eigenvalue weighted by Crippen LogP contribution is -2.27. The number of thioether (sulfide) groups is 1. The van der Waals surface area contributed by atoms with Crippen molar-refractivity contribution in [3.63, 3.8) is 0 Å². The van der Waals surface area contributed by atoms with Crippen molar-refractivity contribution in [1.29, 1.82) is 0 Å². The molecule has 0 bridgehead atoms. The van der Waals surface area contributed by atoms with Crippen LogP contribution >= 0.6 is 39.3 Å². The molecule has 2 aromatic rings. The summed E-state index contributed by atoms with van der Waals surface area (Å²) < 4.78 is 6.45. The Kier molecular flexibility index (Phi) is 5.19. The Morgan fingerprint density at radius 3 is 2.70 bits per heavy atom. The van der Waals surface area contributed by atoms with Crippen LogP contribution < -0.4 is 9.64 Å². The van der Waals surface area contributed by atoms with Crippen molar-refractivity contribution in [3.05, 3.63) is 57.5 Å². The second kappa shape index (κ2) is 7.16. The maximum Gasteiger partial charge on any atom is 0.238 e. The summed E-state index contributed by atoms with van der Waals surface area (Å²) in [6.07, 6.45) is 0. The number of ether oxygens (including phenoxy) is 1. The average Bonchev–Trinajstić information content (AvgIpc) is 2.92. The monoisotopic (exact) mass is 411 g/mol. The highest BCUT2D eigenvalue weighted by atomic mass is 79.9. The van der Waals surface area contributed by atoms with Crippen molar-refractivity contribution in [2.45, 2.75) is 12.3 Å². The van der Waals surface area contributed by atoms with Crippen LogP contribution in [0, 0.1) is 0 Å². The van der Waals surface area contributed by atoms with E-state index in [4.69, 9.17) is 16.3 Å². The first-order chi connectivity index (χ1) is 11.1. The van der Waals surface area contributed by atoms with E-state index in [2.05, 4.69) is 15.9 Å². The predicted octanol–water partition coefficient (Wildman–Crippen LogP) is 5.28. The summed E-state index contributed by atoms with van der Waals surface area (Å²) >= 11 is 11.1. The van der Waals surface area contributed by atoms with Crippen LogP contribution in [0.25, 0.3) is 0 Å². The SMILES string of the molecule is CCOc1ccc([C@@H]2SCC(=O)N2c2ccc(Cl)cc2)cc1Br. The molecule has 2 aromatic carbocycles. The van der Waals surface area contributed by atoms with Crippen molar-refractivity contribution in [1.82, 2.24) is 0 Å². The van der Waals surface area contributed by atoms with Crippen LogP contribution in [-0.4, -0.2) is 18.3 Å². The summed E-state index contributed by atoms with van der Waals surface area (Å²) in [5.74, 6) is 1.38. The third-order valence-electron chi connectivity index (χ3n) is 3.51. The van der Waals surface area contributed by atoms with Gasteiger partial charge in [0.1, 0.15) is 11.1 Å². The number of hydrogen-bond acceptors (Lipinski definition) is 3. The highest BCUT2D eigenvalue weighted by Crippen LogP contribution is 2.43. The minimum Gasteiger partial charge on any atom is -0.493 e. The van der Waals surface area contributed by atoms with Gasteiger partial charge in [0.25, 0.3) is 0 Å². The van der Waals surface area contributed by atoms with Gasteiger partial charge in [0, 0.05) is 10.7 Å². The molecule has 23 heavy (non-hydrogen) atoms. The zero-order valence-corrected chi connectivity index (χ0v) is 15.6. The lowest BCUT2D eigenvalue weighted by Gasteiger charge is -2.25. The van der Waals surface area contributed by atoms with Crippen molar-refractivity contribution in [2.75, 3.05) is 17.3 Å². The number of hydrogen-bond donors (Lipinski definition) is 0. The molecule has 0 aliphatic carbocycles. The van der Waals surface area contributed by atoms with Gasteiger partial charge in [0.2, 0.25) is 5.91 Å². The quantitative estimate of drug-likeness (QED) is 0.684. The minimum absolute atomic E-state index is 0.0457. The summed E-state index contributed by atoms with van der Waals surface area (Å²) in [4.78, 5) is 14.2. The number of nitrogens with zero attached hydrogens (tertiary/aromatic N) is 1. The van der Waals surface area contributed by atoms with E-state index in [1.54, 1.807) is 23.9 Å². The molecule has 1 fully saturated rings. The lowest BCUT2D eigenvalue weighted by molar-refractivity contribution is -0.115. The van der Waals surface area contributed by atoms with Gasteiger partial charge in [-0.1, -0.05) is 17.7 Å². The molecule has 1 atom stereocenters. The van der Waals surface area contributed by atoms with Gasteiger partial charge in [-0.05, 0) is 64.8 Å². The molecular weight excluding hydrogens is 398 g/mol. The number of rotatable bonds is 4. The number of benzene rings is 2. The summed E-state index contributed by atoms with van der Waals surface area (Å²) in [5, 5.41) is 0.615. The van der Waals surface area contributed by atoms with Gasteiger partial charge >= 0.3 is 0 Å². The second-order valence-electron chi connectivity index (χ2n) is 5.03. The smallest absolute Gasteiger partial charge is 0.238 e. The van der Waals surface area contributed by atoms with Crippen molar-refractivity contribution in [2.24, 2.45) is 0 Å². The molecule has 3 nitrogen and oxygen atoms in total. The zero-order chi connectivity index (χ0) is 16.4. The molecule has 3 rings (SSSR count). The fourth-order valence-corrected chi connectivity index (χ4v) is 4.30. The second-order valence-corrected chi connectivity index (χ2v) is 7.39. The number of anilines is 1. The number of carbonyl (C=O) groups is 1. The molecule has 1 amide bonds. The Morgan fingerprint density at radius 1 is 1.30 bits per heavy atom. The Hall–Kier alpha value is -1.17. The van der Waals surface area contributed by atoms with Gasteiger partial charge in [-0.15, -0.1) is 11.8 Å². The summed E-state index contributed by atoms with van der Waals surface area (Å²) in [7, 11) is 0. The topological polar surface area (TPSA) is 29.5 Å². The van der Waals surface area contributed by atoms with Gasteiger partial charge in [0.15, 0.2) is 0 Å². The van der Waals surface area contributed by atoms with Crippen LogP contribution in [0.15, 0.2) is 46.9 Å². The van der Waals surface area contributed by atoms with Crippen LogP contribution in [0.1, 0.15) is 17.9 Å². The minimum atomic E-state index is -0.0457. The number of carbonyl (C=O) groups excluding carboxylic acids is 1. The van der Waals surface area contributed by atoms with E-state index in [-0.39, 0.29) is 11.3 Å². The molecule has 1 saturated heterocycles. The molecule has 1 aliphatic heterocycles. The van der Waals surface area contributed by atoms with Gasteiger partial charge in [-0.2, -0.15) is 0 Å². The third kappa shape index (κ3) is 3.52. The van der Waals surface area contributed by atoms with Crippen LogP contribution in [-0.2, 0) is 4.79 Å². The number of halogens is 2. The Bertz CT molecular complexity index is 723. The molecule has 0 radical (unpaired) electrons. The van der Waals surface area contributed by atoms with E-state index in [1.807, 2.05) is 42.2 Å². The molecule has 1 aliphatic rings. The Balaban J connectivity index is 1.93. The first-order valence-corrected chi connectivity index (χ1v) is 9.43. The maximum absolute atomic E-state index is 12.3. The number of amides is 1. The molecule has 0 unspecified atom stereocenters. The van der Waals surface area contributed by atoms with Gasteiger partial charge in [-0.25, -0.2) is 0 Å². The highest BCUT2D eigenvalue weighted by Gasteiger charge is 2.34. The van der Waals surface area contributed by atoms with Gasteiger partial charge < -0.3 is 4.74 Å². The Labute approximate surface area is 153 Å². The lowest BCUT2D eigenvalue weighted by atomic mass is 10.2. The zero-order valence-electron chi connectivity index (χ0n) is 12.5. The molecule has 0 spiro atoms. The van der Waals surface area contributed by atoms with E-state index in [1.165, 1.54) is 0 Å². The normalized spacial score (nSPS) is 17.6. The summed E-state index contributed by atoms with van der Waals surface area (Å²) in [6.45, 7) is 2.57. The predicted molar refractivity (Wildman–Crippen MR) is 99.4 cm³/mol. The fourth-order valence-electron chi connectivity index (χ4n) is 2.49. The van der Waals surface area contributed by atoms with E-state index < -0.39 is 0 Å². The highest BCUT2D eigenvalue weighted by molar-refractivity contribution is 9.10. The van der Waals surface area contributed by atoms with Gasteiger partial charge in [-0.3, -0.25) is 9.69 Å². The molecule has 1 heterocycles. The van der Waals surface area contributed by atoms with Gasteiger partial charge in [0.05, 0.1) is 16.8 Å². The first-order valence-electron chi connectivity index (χ1n) is 7.21. The molecule has 0 N–H and O–H groups in total. The van der Waals surface area contributed by atoms with E-state index >= 15 is 0 Å². The Morgan fingerprint density at radius 2 is 2.04 bits per heavy atom. The largest absolute Gasteiger partial charge is 0.493 e. The van der Waals surface area contributed by atoms with Crippen molar-refractivity contribution >= 4 is 50.9 Å². The fraction of sp³-hybridized carbons (Fsp3) is 0.235. The van der Waals surface area contributed by atoms with Crippen LogP contribution in [0.5, 0.6) is 5.75 Å². The van der Waals surface area contributed by atoms with E-state index in [0.717, 1.165) is 21.5 Å². The molecular formula is C17H15BrClNO2S. The van der Waals surface area contributed by atoms with Crippen molar-refractivity contribution < 1.29 is 9.53 Å². The first kappa shape index (κ1) is 16.7. The molecule has 120 valence electrons. The molecule has 0 saturated carbocycles. The summed E-state index contributed by atoms with van der Waals surface area (Å²) in [6, 6.07) is 13.3. The van der Waals surface area contributed by atoms with E-state index in [9.17, 15) is 4.79 Å². The average molecular weight is 413 g/mol. The molecule has 0 aromatic heterocycles. The van der Waals surface area contributed by atoms with Crippen molar-refractivity contribution in [3.8, 4) is 5.75 Å². The van der Waals surface area contributed by atoms with Crippen LogP contribution in [0.2, 0.25) is 5.02 Å². The molecule has 6 heteroatoms. The van der Waals surface area contributed by atoms with Crippen LogP contribution in [0.3, 0.4) is 0 Å². The van der Waals surface area contributed by atoms with Crippen LogP contribution in [0.4, 0.5) is 5.69 Å². The van der Waals surface area contributed by atoms with E-state index in [0.29, 0.717) is 17.4 Å². The standard InChI is InChI=1S/C17H15BrClNO2S/c1-2-22-15-8-3-11(9-14(15)18)17-20(16(21)10-23-17)13-6-4-12(19)5-7-13/h3-9,17H,2,10H2,1H3/t17-/m0/s1.